The van der Waals surface area contributed by atoms with Crippen molar-refractivity contribution >= 4 is 5.91 Å². The highest BCUT2D eigenvalue weighted by molar-refractivity contribution is 5.79. The van der Waals surface area contributed by atoms with E-state index in [0.717, 1.165) is 30.0 Å². The monoisotopic (exact) mass is 481 g/mol. The van der Waals surface area contributed by atoms with Gasteiger partial charge in [-0.1, -0.05) is 31.4 Å². The smallest absolute Gasteiger partial charge is 0.226 e. The highest BCUT2D eigenvalue weighted by Crippen LogP contribution is 2.31. The van der Waals surface area contributed by atoms with Gasteiger partial charge in [0.1, 0.15) is 12.5 Å². The van der Waals surface area contributed by atoms with Gasteiger partial charge in [0.25, 0.3) is 0 Å². The van der Waals surface area contributed by atoms with Crippen LogP contribution in [-0.2, 0) is 16.0 Å². The van der Waals surface area contributed by atoms with Gasteiger partial charge in [-0.05, 0) is 62.4 Å². The molecule has 7 heteroatoms. The number of carbonyl (C=O) groups excluding carboxylic acids is 1. The Hall–Kier alpha value is -2.64. The van der Waals surface area contributed by atoms with E-state index < -0.39 is 0 Å². The van der Waals surface area contributed by atoms with Crippen LogP contribution in [0.4, 0.5) is 0 Å². The summed E-state index contributed by atoms with van der Waals surface area (Å²) in [5.41, 5.74) is 2.62. The van der Waals surface area contributed by atoms with Crippen molar-refractivity contribution in [1.29, 1.82) is 0 Å². The fourth-order valence-corrected chi connectivity index (χ4v) is 4.91. The molecule has 0 radical (unpaired) electrons. The lowest BCUT2D eigenvalue weighted by Crippen LogP contribution is -2.39. The van der Waals surface area contributed by atoms with Crippen molar-refractivity contribution in [2.24, 2.45) is 5.92 Å². The molecule has 1 aromatic heterocycles. The van der Waals surface area contributed by atoms with E-state index in [1.165, 1.54) is 32.1 Å². The molecule has 1 N–H and O–H groups in total. The van der Waals surface area contributed by atoms with Crippen LogP contribution in [0.1, 0.15) is 51.6 Å². The summed E-state index contributed by atoms with van der Waals surface area (Å²) < 4.78 is 17.2. The van der Waals surface area contributed by atoms with Crippen LogP contribution in [0.5, 0.6) is 11.6 Å². The van der Waals surface area contributed by atoms with Gasteiger partial charge in [-0.2, -0.15) is 0 Å². The van der Waals surface area contributed by atoms with Crippen molar-refractivity contribution in [3.63, 3.8) is 0 Å². The van der Waals surface area contributed by atoms with E-state index in [-0.39, 0.29) is 18.4 Å². The topological polar surface area (TPSA) is 72.9 Å². The lowest BCUT2D eigenvalue weighted by atomic mass is 9.84. The van der Waals surface area contributed by atoms with Crippen molar-refractivity contribution in [3.8, 4) is 22.8 Å². The number of rotatable bonds is 10. The summed E-state index contributed by atoms with van der Waals surface area (Å²) in [6.07, 6.45) is 6.50. The highest BCUT2D eigenvalue weighted by Gasteiger charge is 2.22. The SMILES string of the molecule is CCOc1ccc(-c2ccc(CC(=O)N[C@H](C)C3CCCCC3)nc2OCN2CCOCC2)cc1. The second-order valence-corrected chi connectivity index (χ2v) is 9.55. The zero-order chi connectivity index (χ0) is 24.5. The zero-order valence-corrected chi connectivity index (χ0v) is 21.1. The van der Waals surface area contributed by atoms with E-state index >= 15 is 0 Å². The van der Waals surface area contributed by atoms with Crippen LogP contribution in [0.15, 0.2) is 36.4 Å². The zero-order valence-electron chi connectivity index (χ0n) is 21.1. The standard InChI is InChI=1S/C28H39N3O4/c1-3-34-25-12-9-23(10-13-25)26-14-11-24(30-28(26)35-20-31-15-17-33-18-16-31)19-27(32)29-21(2)22-7-5-4-6-8-22/h9-14,21-22H,3-8,15-20H2,1-2H3,(H,29,32)/t21-/m1/s1. The molecule has 35 heavy (non-hydrogen) atoms. The normalized spacial score (nSPS) is 18.1. The maximum Gasteiger partial charge on any atom is 0.226 e. The molecule has 1 saturated carbocycles. The molecule has 2 heterocycles. The summed E-state index contributed by atoms with van der Waals surface area (Å²) >= 11 is 0. The quantitative estimate of drug-likeness (QED) is 0.541. The molecule has 0 spiro atoms. The Balaban J connectivity index is 1.46. The van der Waals surface area contributed by atoms with Crippen molar-refractivity contribution in [2.75, 3.05) is 39.6 Å². The fraction of sp³-hybridized carbons (Fsp3) is 0.571. The van der Waals surface area contributed by atoms with Crippen LogP contribution in [0, 0.1) is 5.92 Å². The number of ether oxygens (including phenoxy) is 3. The summed E-state index contributed by atoms with van der Waals surface area (Å²) in [6, 6.07) is 12.1. The van der Waals surface area contributed by atoms with Gasteiger partial charge in [0.15, 0.2) is 0 Å². The molecular formula is C28H39N3O4. The largest absolute Gasteiger partial charge is 0.494 e. The van der Waals surface area contributed by atoms with E-state index in [9.17, 15) is 4.79 Å². The Morgan fingerprint density at radius 3 is 2.54 bits per heavy atom. The third kappa shape index (κ3) is 7.42. The van der Waals surface area contributed by atoms with Gasteiger partial charge in [0, 0.05) is 24.7 Å². The Bertz CT molecular complexity index is 938. The van der Waals surface area contributed by atoms with Crippen LogP contribution >= 0.6 is 0 Å². The summed E-state index contributed by atoms with van der Waals surface area (Å²) in [5.74, 6) is 1.98. The molecule has 4 rings (SSSR count). The molecule has 0 bridgehead atoms. The number of pyridine rings is 1. The minimum absolute atomic E-state index is 0.0171. The fourth-order valence-electron chi connectivity index (χ4n) is 4.91. The molecule has 1 aliphatic carbocycles. The average Bonchev–Trinajstić information content (AvgIpc) is 2.89. The summed E-state index contributed by atoms with van der Waals surface area (Å²) in [4.78, 5) is 19.8. The maximum absolute atomic E-state index is 12.8. The van der Waals surface area contributed by atoms with E-state index in [2.05, 4.69) is 17.1 Å². The number of nitrogens with one attached hydrogen (secondary N) is 1. The molecule has 1 amide bonds. The van der Waals surface area contributed by atoms with Crippen molar-refractivity contribution < 1.29 is 19.0 Å². The minimum Gasteiger partial charge on any atom is -0.494 e. The Labute approximate surface area is 209 Å². The highest BCUT2D eigenvalue weighted by atomic mass is 16.5. The second kappa shape index (κ2) is 12.9. The second-order valence-electron chi connectivity index (χ2n) is 9.55. The van der Waals surface area contributed by atoms with Gasteiger partial charge >= 0.3 is 0 Å². The van der Waals surface area contributed by atoms with E-state index in [4.69, 9.17) is 19.2 Å². The number of morpholine rings is 1. The average molecular weight is 482 g/mol. The number of aromatic nitrogens is 1. The number of hydrogen-bond donors (Lipinski definition) is 1. The molecule has 1 saturated heterocycles. The molecule has 2 fully saturated rings. The van der Waals surface area contributed by atoms with E-state index in [1.54, 1.807) is 0 Å². The van der Waals surface area contributed by atoms with Crippen LogP contribution < -0.4 is 14.8 Å². The van der Waals surface area contributed by atoms with Gasteiger partial charge in [-0.15, -0.1) is 0 Å². The van der Waals surface area contributed by atoms with Gasteiger partial charge in [0.2, 0.25) is 11.8 Å². The number of amides is 1. The summed E-state index contributed by atoms with van der Waals surface area (Å²) in [7, 11) is 0. The molecule has 1 aromatic carbocycles. The van der Waals surface area contributed by atoms with Crippen molar-refractivity contribution in [3.05, 3.63) is 42.1 Å². The van der Waals surface area contributed by atoms with Gasteiger partial charge in [0.05, 0.1) is 31.9 Å². The molecule has 190 valence electrons. The molecule has 1 aliphatic heterocycles. The first kappa shape index (κ1) is 25.5. The molecule has 2 aliphatic rings. The van der Waals surface area contributed by atoms with E-state index in [0.29, 0.717) is 44.0 Å². The number of carbonyl (C=O) groups is 1. The lowest BCUT2D eigenvalue weighted by molar-refractivity contribution is -0.121. The molecular weight excluding hydrogens is 442 g/mol. The van der Waals surface area contributed by atoms with Gasteiger partial charge in [-0.25, -0.2) is 4.98 Å². The summed E-state index contributed by atoms with van der Waals surface area (Å²) in [6.45, 7) is 8.26. The predicted octanol–water partition coefficient (Wildman–Crippen LogP) is 4.44. The maximum atomic E-state index is 12.8. The van der Waals surface area contributed by atoms with Crippen LogP contribution in [0.3, 0.4) is 0 Å². The Morgan fingerprint density at radius 1 is 1.09 bits per heavy atom. The van der Waals surface area contributed by atoms with Crippen molar-refractivity contribution in [1.82, 2.24) is 15.2 Å². The first-order valence-electron chi connectivity index (χ1n) is 13.1. The number of hydrogen-bond acceptors (Lipinski definition) is 6. The lowest BCUT2D eigenvalue weighted by Gasteiger charge is -2.28. The molecule has 0 unspecified atom stereocenters. The predicted molar refractivity (Wildman–Crippen MR) is 137 cm³/mol. The van der Waals surface area contributed by atoms with Crippen LogP contribution in [-0.4, -0.2) is 61.5 Å². The first-order valence-corrected chi connectivity index (χ1v) is 13.1. The van der Waals surface area contributed by atoms with Crippen molar-refractivity contribution in [2.45, 2.75) is 58.4 Å². The molecule has 1 atom stereocenters. The minimum atomic E-state index is 0.0171. The van der Waals surface area contributed by atoms with Gasteiger partial charge in [-0.3, -0.25) is 9.69 Å². The van der Waals surface area contributed by atoms with Crippen LogP contribution in [0.2, 0.25) is 0 Å². The molecule has 7 nitrogen and oxygen atoms in total. The third-order valence-corrected chi connectivity index (χ3v) is 6.97. The number of benzene rings is 1. The Kier molecular flexibility index (Phi) is 9.37. The van der Waals surface area contributed by atoms with Gasteiger partial charge < -0.3 is 19.5 Å². The molecule has 2 aromatic rings. The number of nitrogens with zero attached hydrogens (tertiary/aromatic N) is 2. The first-order chi connectivity index (χ1) is 17.1. The van der Waals surface area contributed by atoms with Crippen LogP contribution in [0.25, 0.3) is 11.1 Å². The van der Waals surface area contributed by atoms with E-state index in [1.807, 2.05) is 43.3 Å². The summed E-state index contributed by atoms with van der Waals surface area (Å²) in [5, 5.41) is 3.21. The Morgan fingerprint density at radius 2 is 1.83 bits per heavy atom. The third-order valence-electron chi connectivity index (χ3n) is 6.97.